The van der Waals surface area contributed by atoms with Gasteiger partial charge in [-0.05, 0) is 38.1 Å². The highest BCUT2D eigenvalue weighted by Gasteiger charge is 2.25. The number of rotatable bonds is 4. The van der Waals surface area contributed by atoms with Crippen LogP contribution in [-0.4, -0.2) is 43.5 Å². The molecule has 2 aliphatic rings. The van der Waals surface area contributed by atoms with Crippen molar-refractivity contribution < 1.29 is 4.79 Å². The molecule has 1 aromatic carbocycles. The first-order valence-corrected chi connectivity index (χ1v) is 8.04. The third kappa shape index (κ3) is 3.38. The molecule has 2 N–H and O–H groups in total. The number of nitrogens with one attached hydrogen (secondary N) is 2. The highest BCUT2D eigenvalue weighted by molar-refractivity contribution is 5.78. The summed E-state index contributed by atoms with van der Waals surface area (Å²) in [7, 11) is 2.16. The summed E-state index contributed by atoms with van der Waals surface area (Å²) in [4.78, 5) is 14.6. The van der Waals surface area contributed by atoms with Gasteiger partial charge >= 0.3 is 0 Å². The van der Waals surface area contributed by atoms with E-state index in [9.17, 15) is 4.79 Å². The quantitative estimate of drug-likeness (QED) is 0.892. The summed E-state index contributed by atoms with van der Waals surface area (Å²) in [5.74, 6) is 0.489. The molecular weight excluding hydrogens is 262 g/mol. The van der Waals surface area contributed by atoms with E-state index in [0.29, 0.717) is 18.4 Å². The highest BCUT2D eigenvalue weighted by Crippen LogP contribution is 2.33. The van der Waals surface area contributed by atoms with Gasteiger partial charge in [-0.1, -0.05) is 24.6 Å². The summed E-state index contributed by atoms with van der Waals surface area (Å²) in [6.45, 7) is 2.81. The van der Waals surface area contributed by atoms with Crippen molar-refractivity contribution in [2.75, 3.05) is 32.0 Å². The van der Waals surface area contributed by atoms with E-state index in [1.165, 1.54) is 30.5 Å². The first-order valence-electron chi connectivity index (χ1n) is 8.04. The minimum Gasteiger partial charge on any atom is -0.384 e. The number of likely N-dealkylation sites (N-methyl/N-ethyl adjacent to an activating group) is 1. The van der Waals surface area contributed by atoms with Crippen molar-refractivity contribution in [2.45, 2.75) is 37.6 Å². The number of para-hydroxylation sites is 1. The number of hydrogen-bond donors (Lipinski definition) is 2. The minimum absolute atomic E-state index is 0.178. The molecule has 1 saturated heterocycles. The van der Waals surface area contributed by atoms with E-state index in [-0.39, 0.29) is 5.91 Å². The van der Waals surface area contributed by atoms with Gasteiger partial charge in [0.1, 0.15) is 0 Å². The Morgan fingerprint density at radius 3 is 3.10 bits per heavy atom. The van der Waals surface area contributed by atoms with Gasteiger partial charge in [-0.3, -0.25) is 4.79 Å². The fourth-order valence-electron chi connectivity index (χ4n) is 3.47. The van der Waals surface area contributed by atoms with Crippen LogP contribution in [0, 0.1) is 0 Å². The van der Waals surface area contributed by atoms with E-state index >= 15 is 0 Å². The van der Waals surface area contributed by atoms with Gasteiger partial charge in [-0.2, -0.15) is 0 Å². The smallest absolute Gasteiger partial charge is 0.220 e. The van der Waals surface area contributed by atoms with Crippen LogP contribution < -0.4 is 10.6 Å². The number of hydrogen-bond acceptors (Lipinski definition) is 3. The van der Waals surface area contributed by atoms with Gasteiger partial charge in [-0.25, -0.2) is 0 Å². The van der Waals surface area contributed by atoms with Gasteiger partial charge in [0, 0.05) is 37.2 Å². The van der Waals surface area contributed by atoms with Crippen molar-refractivity contribution in [3.05, 3.63) is 29.8 Å². The first-order chi connectivity index (χ1) is 10.2. The molecule has 4 nitrogen and oxygen atoms in total. The molecule has 2 heterocycles. The number of likely N-dealkylation sites (tertiary alicyclic amines) is 1. The van der Waals surface area contributed by atoms with Gasteiger partial charge < -0.3 is 15.5 Å². The molecule has 1 aromatic rings. The van der Waals surface area contributed by atoms with Crippen LogP contribution in [0.1, 0.15) is 37.2 Å². The molecule has 2 atom stereocenters. The number of amides is 1. The molecule has 0 saturated carbocycles. The summed E-state index contributed by atoms with van der Waals surface area (Å²) in [6.07, 6.45) is 4.35. The number of nitrogens with zero attached hydrogens (tertiary/aromatic N) is 1. The maximum Gasteiger partial charge on any atom is 0.220 e. The maximum absolute atomic E-state index is 12.2. The molecular formula is C17H25N3O. The molecule has 0 spiro atoms. The molecule has 0 bridgehead atoms. The molecule has 0 aromatic heterocycles. The lowest BCUT2D eigenvalue weighted by atomic mass is 9.97. The largest absolute Gasteiger partial charge is 0.384 e. The second kappa shape index (κ2) is 6.48. The summed E-state index contributed by atoms with van der Waals surface area (Å²) < 4.78 is 0. The molecule has 0 radical (unpaired) electrons. The number of carbonyl (C=O) groups excluding carboxylic acids is 1. The van der Waals surface area contributed by atoms with Gasteiger partial charge in [0.05, 0.1) is 0 Å². The SMILES string of the molecule is CN1CCCCC1CNC(=O)CC1CNc2ccccc21. The molecule has 1 amide bonds. The van der Waals surface area contributed by atoms with Crippen LogP contribution in [0.15, 0.2) is 24.3 Å². The van der Waals surface area contributed by atoms with E-state index in [1.807, 2.05) is 12.1 Å². The van der Waals surface area contributed by atoms with E-state index in [2.05, 4.69) is 34.7 Å². The standard InChI is InChI=1S/C17H25N3O/c1-20-9-5-4-6-14(20)12-19-17(21)10-13-11-18-16-8-3-2-7-15(13)16/h2-3,7-8,13-14,18H,4-6,9-12H2,1H3,(H,19,21). The number of anilines is 1. The summed E-state index contributed by atoms with van der Waals surface area (Å²) in [5, 5.41) is 6.51. The number of fused-ring (bicyclic) bond motifs is 1. The normalized spacial score (nSPS) is 25.2. The monoisotopic (exact) mass is 287 g/mol. The van der Waals surface area contributed by atoms with Gasteiger partial charge in [-0.15, -0.1) is 0 Å². The summed E-state index contributed by atoms with van der Waals surface area (Å²) in [5.41, 5.74) is 2.46. The molecule has 1 fully saturated rings. The predicted molar refractivity (Wildman–Crippen MR) is 85.6 cm³/mol. The second-order valence-electron chi connectivity index (χ2n) is 6.30. The van der Waals surface area contributed by atoms with Crippen molar-refractivity contribution in [2.24, 2.45) is 0 Å². The number of benzene rings is 1. The van der Waals surface area contributed by atoms with Gasteiger partial charge in [0.25, 0.3) is 0 Å². The van der Waals surface area contributed by atoms with Crippen LogP contribution in [-0.2, 0) is 4.79 Å². The zero-order chi connectivity index (χ0) is 14.7. The van der Waals surface area contributed by atoms with Crippen LogP contribution in [0.25, 0.3) is 0 Å². The Bertz CT molecular complexity index is 503. The number of piperidine rings is 1. The average Bonchev–Trinajstić information content (AvgIpc) is 2.90. The van der Waals surface area contributed by atoms with Crippen LogP contribution in [0.5, 0.6) is 0 Å². The Balaban J connectivity index is 1.49. The number of carbonyl (C=O) groups is 1. The van der Waals surface area contributed by atoms with E-state index in [1.54, 1.807) is 0 Å². The van der Waals surface area contributed by atoms with Crippen molar-refractivity contribution in [3.8, 4) is 0 Å². The van der Waals surface area contributed by atoms with E-state index in [4.69, 9.17) is 0 Å². The molecule has 21 heavy (non-hydrogen) atoms. The lowest BCUT2D eigenvalue weighted by Crippen LogP contribution is -2.44. The van der Waals surface area contributed by atoms with E-state index in [0.717, 1.165) is 19.6 Å². The second-order valence-corrected chi connectivity index (χ2v) is 6.30. The Labute approximate surface area is 126 Å². The van der Waals surface area contributed by atoms with Crippen molar-refractivity contribution in [3.63, 3.8) is 0 Å². The average molecular weight is 287 g/mol. The topological polar surface area (TPSA) is 44.4 Å². The maximum atomic E-state index is 12.2. The van der Waals surface area contributed by atoms with Gasteiger partial charge in [0.2, 0.25) is 5.91 Å². The molecule has 2 aliphatic heterocycles. The molecule has 2 unspecified atom stereocenters. The first kappa shape index (κ1) is 14.4. The fraction of sp³-hybridized carbons (Fsp3) is 0.588. The third-order valence-electron chi connectivity index (χ3n) is 4.83. The highest BCUT2D eigenvalue weighted by atomic mass is 16.1. The van der Waals surface area contributed by atoms with Crippen LogP contribution >= 0.6 is 0 Å². The molecule has 4 heteroatoms. The predicted octanol–water partition coefficient (Wildman–Crippen LogP) is 2.19. The molecule has 3 rings (SSSR count). The Morgan fingerprint density at radius 1 is 1.38 bits per heavy atom. The van der Waals surface area contributed by atoms with Crippen molar-refractivity contribution in [1.29, 1.82) is 0 Å². The zero-order valence-electron chi connectivity index (χ0n) is 12.8. The fourth-order valence-corrected chi connectivity index (χ4v) is 3.47. The Hall–Kier alpha value is -1.55. The summed E-state index contributed by atoms with van der Waals surface area (Å²) in [6, 6.07) is 8.81. The van der Waals surface area contributed by atoms with Crippen molar-refractivity contribution >= 4 is 11.6 Å². The zero-order valence-corrected chi connectivity index (χ0v) is 12.8. The lowest BCUT2D eigenvalue weighted by molar-refractivity contribution is -0.121. The van der Waals surface area contributed by atoms with Gasteiger partial charge in [0.15, 0.2) is 0 Å². The summed E-state index contributed by atoms with van der Waals surface area (Å²) >= 11 is 0. The van der Waals surface area contributed by atoms with Crippen LogP contribution in [0.2, 0.25) is 0 Å². The van der Waals surface area contributed by atoms with E-state index < -0.39 is 0 Å². The third-order valence-corrected chi connectivity index (χ3v) is 4.83. The van der Waals surface area contributed by atoms with Crippen molar-refractivity contribution in [1.82, 2.24) is 10.2 Å². The molecule has 114 valence electrons. The van der Waals surface area contributed by atoms with Crippen LogP contribution in [0.4, 0.5) is 5.69 Å². The Morgan fingerprint density at radius 2 is 2.24 bits per heavy atom. The lowest BCUT2D eigenvalue weighted by Gasteiger charge is -2.32. The molecule has 0 aliphatic carbocycles. The Kier molecular flexibility index (Phi) is 4.44. The minimum atomic E-state index is 0.178. The van der Waals surface area contributed by atoms with Crippen LogP contribution in [0.3, 0.4) is 0 Å².